The molecule has 2 unspecified atom stereocenters. The summed E-state index contributed by atoms with van der Waals surface area (Å²) in [6.07, 6.45) is 2.83. The van der Waals surface area contributed by atoms with Gasteiger partial charge in [0, 0.05) is 31.7 Å². The molecule has 144 valence electrons. The lowest BCUT2D eigenvalue weighted by Crippen LogP contribution is -2.46. The van der Waals surface area contributed by atoms with Gasteiger partial charge in [0.1, 0.15) is 5.82 Å². The molecule has 1 amide bonds. The topological polar surface area (TPSA) is 110 Å². The first-order chi connectivity index (χ1) is 13.1. The van der Waals surface area contributed by atoms with E-state index >= 15 is 0 Å². The molecular formula is C20H28N6O. The lowest BCUT2D eigenvalue weighted by atomic mass is 9.99. The van der Waals surface area contributed by atoms with Gasteiger partial charge in [0.15, 0.2) is 5.69 Å². The Hall–Kier alpha value is -2.51. The molecule has 0 radical (unpaired) electrons. The molecule has 1 aromatic heterocycles. The van der Waals surface area contributed by atoms with Gasteiger partial charge in [-0.3, -0.25) is 4.79 Å². The van der Waals surface area contributed by atoms with Crippen LogP contribution < -0.4 is 16.8 Å². The highest BCUT2D eigenvalue weighted by Crippen LogP contribution is 2.17. The highest BCUT2D eigenvalue weighted by molar-refractivity contribution is 5.92. The van der Waals surface area contributed by atoms with Gasteiger partial charge in [-0.05, 0) is 42.5 Å². The average Bonchev–Trinajstić information content (AvgIpc) is 2.71. The molecular weight excluding hydrogens is 340 g/mol. The lowest BCUT2D eigenvalue weighted by molar-refractivity contribution is 0.0701. The van der Waals surface area contributed by atoms with Gasteiger partial charge in [-0.2, -0.15) is 0 Å². The normalized spacial score (nSPS) is 18.2. The number of aromatic nitrogens is 2. The van der Waals surface area contributed by atoms with Crippen LogP contribution in [0.5, 0.6) is 0 Å². The maximum atomic E-state index is 12.5. The van der Waals surface area contributed by atoms with E-state index in [1.54, 1.807) is 17.0 Å². The summed E-state index contributed by atoms with van der Waals surface area (Å²) in [6.45, 7) is 3.96. The predicted molar refractivity (Wildman–Crippen MR) is 106 cm³/mol. The maximum absolute atomic E-state index is 12.5. The van der Waals surface area contributed by atoms with Crippen molar-refractivity contribution in [1.82, 2.24) is 15.1 Å². The van der Waals surface area contributed by atoms with E-state index in [0.29, 0.717) is 24.6 Å². The van der Waals surface area contributed by atoms with E-state index in [1.807, 2.05) is 12.1 Å². The van der Waals surface area contributed by atoms with Gasteiger partial charge in [-0.25, -0.2) is 0 Å². The summed E-state index contributed by atoms with van der Waals surface area (Å²) in [5, 5.41) is 11.4. The van der Waals surface area contributed by atoms with Gasteiger partial charge in [0.25, 0.3) is 5.91 Å². The van der Waals surface area contributed by atoms with E-state index in [1.165, 1.54) is 5.56 Å². The lowest BCUT2D eigenvalue weighted by Gasteiger charge is -2.30. The fraction of sp³-hybridized carbons (Fsp3) is 0.450. The number of nitrogens with zero attached hydrogens (tertiary/aromatic N) is 3. The van der Waals surface area contributed by atoms with Crippen molar-refractivity contribution < 1.29 is 4.79 Å². The summed E-state index contributed by atoms with van der Waals surface area (Å²) in [5.41, 5.74) is 15.0. The number of anilines is 1. The minimum Gasteiger partial charge on any atom is -0.367 e. The number of piperidine rings is 1. The number of benzene rings is 1. The van der Waals surface area contributed by atoms with Crippen LogP contribution >= 0.6 is 0 Å². The van der Waals surface area contributed by atoms with Crippen LogP contribution in [0.4, 0.5) is 5.82 Å². The second-order valence-corrected chi connectivity index (χ2v) is 7.00. The van der Waals surface area contributed by atoms with Gasteiger partial charge in [0.2, 0.25) is 0 Å². The number of rotatable bonds is 6. The first-order valence-corrected chi connectivity index (χ1v) is 9.54. The van der Waals surface area contributed by atoms with Crippen molar-refractivity contribution in [2.75, 3.05) is 25.0 Å². The van der Waals surface area contributed by atoms with E-state index in [2.05, 4.69) is 34.6 Å². The first kappa shape index (κ1) is 19.3. The molecule has 27 heavy (non-hydrogen) atoms. The van der Waals surface area contributed by atoms with Crippen LogP contribution in [0, 0.1) is 0 Å². The number of hydrogen-bond acceptors (Lipinski definition) is 6. The van der Waals surface area contributed by atoms with Gasteiger partial charge in [-0.15, -0.1) is 10.2 Å². The molecule has 1 fully saturated rings. The Balaban J connectivity index is 1.58. The number of hydrogen-bond donors (Lipinski definition) is 3. The number of amides is 1. The molecule has 1 aliphatic heterocycles. The number of carbonyl (C=O) groups is 1. The summed E-state index contributed by atoms with van der Waals surface area (Å²) in [7, 11) is 0. The Morgan fingerprint density at radius 3 is 2.81 bits per heavy atom. The Morgan fingerprint density at radius 2 is 2.11 bits per heavy atom. The molecule has 7 heteroatoms. The fourth-order valence-electron chi connectivity index (χ4n) is 3.44. The van der Waals surface area contributed by atoms with Crippen LogP contribution in [0.3, 0.4) is 0 Å². The SMILES string of the molecule is CCc1ccccc1C(N)CNc1ccc(C(=O)N2CCCC(N)C2)nn1. The van der Waals surface area contributed by atoms with Crippen molar-refractivity contribution in [2.45, 2.75) is 38.3 Å². The second kappa shape index (κ2) is 8.92. The molecule has 0 bridgehead atoms. The second-order valence-electron chi connectivity index (χ2n) is 7.00. The van der Waals surface area contributed by atoms with Gasteiger partial charge < -0.3 is 21.7 Å². The third-order valence-electron chi connectivity index (χ3n) is 4.97. The molecule has 3 rings (SSSR count). The zero-order chi connectivity index (χ0) is 19.2. The summed E-state index contributed by atoms with van der Waals surface area (Å²) in [4.78, 5) is 14.3. The van der Waals surface area contributed by atoms with Crippen LogP contribution in [-0.2, 0) is 6.42 Å². The van der Waals surface area contributed by atoms with Gasteiger partial charge >= 0.3 is 0 Å². The van der Waals surface area contributed by atoms with Crippen molar-refractivity contribution >= 4 is 11.7 Å². The quantitative estimate of drug-likeness (QED) is 0.716. The summed E-state index contributed by atoms with van der Waals surface area (Å²) in [5.74, 6) is 0.490. The summed E-state index contributed by atoms with van der Waals surface area (Å²) >= 11 is 0. The molecule has 1 saturated heterocycles. The van der Waals surface area contributed by atoms with Gasteiger partial charge in [-0.1, -0.05) is 31.2 Å². The number of aryl methyl sites for hydroxylation is 1. The molecule has 0 aliphatic carbocycles. The van der Waals surface area contributed by atoms with Crippen molar-refractivity contribution in [3.63, 3.8) is 0 Å². The van der Waals surface area contributed by atoms with E-state index in [9.17, 15) is 4.79 Å². The third kappa shape index (κ3) is 4.81. The van der Waals surface area contributed by atoms with Crippen molar-refractivity contribution in [3.8, 4) is 0 Å². The minimum absolute atomic E-state index is 0.0454. The standard InChI is InChI=1S/C20H28N6O/c1-2-14-6-3-4-8-16(14)17(22)12-23-19-10-9-18(24-25-19)20(27)26-11-5-7-15(21)13-26/h3-4,6,8-10,15,17H,2,5,7,11-13,21-22H2,1H3,(H,23,25). The Bertz CT molecular complexity index is 763. The average molecular weight is 368 g/mol. The predicted octanol–water partition coefficient (Wildman–Crippen LogP) is 1.71. The molecule has 2 atom stereocenters. The number of nitrogens with one attached hydrogen (secondary N) is 1. The smallest absolute Gasteiger partial charge is 0.274 e. The van der Waals surface area contributed by atoms with Gasteiger partial charge in [0.05, 0.1) is 0 Å². The number of nitrogens with two attached hydrogens (primary N) is 2. The van der Waals surface area contributed by atoms with Crippen molar-refractivity contribution in [2.24, 2.45) is 11.5 Å². The largest absolute Gasteiger partial charge is 0.367 e. The van der Waals surface area contributed by atoms with Crippen LogP contribution in [0.2, 0.25) is 0 Å². The third-order valence-corrected chi connectivity index (χ3v) is 4.97. The van der Waals surface area contributed by atoms with Crippen molar-refractivity contribution in [3.05, 3.63) is 53.2 Å². The zero-order valence-electron chi connectivity index (χ0n) is 15.8. The molecule has 0 spiro atoms. The zero-order valence-corrected chi connectivity index (χ0v) is 15.8. The molecule has 5 N–H and O–H groups in total. The highest BCUT2D eigenvalue weighted by atomic mass is 16.2. The maximum Gasteiger partial charge on any atom is 0.274 e. The van der Waals surface area contributed by atoms with Crippen molar-refractivity contribution in [1.29, 1.82) is 0 Å². The van der Waals surface area contributed by atoms with E-state index in [-0.39, 0.29) is 18.0 Å². The Kier molecular flexibility index (Phi) is 6.36. The minimum atomic E-state index is -0.140. The summed E-state index contributed by atoms with van der Waals surface area (Å²) < 4.78 is 0. The van der Waals surface area contributed by atoms with Crippen LogP contribution in [0.15, 0.2) is 36.4 Å². The number of likely N-dealkylation sites (tertiary alicyclic amines) is 1. The monoisotopic (exact) mass is 368 g/mol. The van der Waals surface area contributed by atoms with Crippen LogP contribution in [0.25, 0.3) is 0 Å². The Morgan fingerprint density at radius 1 is 1.30 bits per heavy atom. The van der Waals surface area contributed by atoms with Crippen LogP contribution in [-0.4, -0.2) is 46.7 Å². The van der Waals surface area contributed by atoms with E-state index in [4.69, 9.17) is 11.5 Å². The number of carbonyl (C=O) groups excluding carboxylic acids is 1. The molecule has 2 heterocycles. The van der Waals surface area contributed by atoms with E-state index in [0.717, 1.165) is 31.4 Å². The van der Waals surface area contributed by atoms with Crippen LogP contribution in [0.1, 0.15) is 47.4 Å². The summed E-state index contributed by atoms with van der Waals surface area (Å²) in [6, 6.07) is 11.6. The molecule has 0 saturated carbocycles. The molecule has 7 nitrogen and oxygen atoms in total. The van der Waals surface area contributed by atoms with E-state index < -0.39 is 0 Å². The first-order valence-electron chi connectivity index (χ1n) is 9.54. The molecule has 1 aliphatic rings. The molecule has 2 aromatic rings. The molecule has 1 aromatic carbocycles. The fourth-order valence-corrected chi connectivity index (χ4v) is 3.44. The highest BCUT2D eigenvalue weighted by Gasteiger charge is 2.23. The Labute approximate surface area is 160 Å².